The molecule has 2 aromatic carbocycles. The molecule has 0 radical (unpaired) electrons. The summed E-state index contributed by atoms with van der Waals surface area (Å²) in [5.41, 5.74) is 6.56. The lowest BCUT2D eigenvalue weighted by Gasteiger charge is -2.19. The molecule has 0 aromatic heterocycles. The first-order valence-electron chi connectivity index (χ1n) is 6.05. The lowest BCUT2D eigenvalue weighted by atomic mass is 10.1. The quantitative estimate of drug-likeness (QED) is 0.825. The van der Waals surface area contributed by atoms with Crippen LogP contribution in [0.2, 0.25) is 0 Å². The maximum atomic E-state index is 12.1. The van der Waals surface area contributed by atoms with Crippen LogP contribution in [0.1, 0.15) is 6.42 Å². The normalized spacial score (nSPS) is 18.4. The van der Waals surface area contributed by atoms with E-state index in [0.717, 1.165) is 20.9 Å². The average Bonchev–Trinajstić information content (AvgIpc) is 2.70. The Labute approximate surface area is 131 Å². The van der Waals surface area contributed by atoms with Crippen molar-refractivity contribution in [1.29, 1.82) is 0 Å². The highest BCUT2D eigenvalue weighted by molar-refractivity contribution is 9.10. The molecule has 0 spiro atoms. The topological polar surface area (TPSA) is 66.6 Å². The van der Waals surface area contributed by atoms with Crippen molar-refractivity contribution in [2.24, 2.45) is 5.73 Å². The number of hydrogen-bond donors (Lipinski definition) is 2. The van der Waals surface area contributed by atoms with Gasteiger partial charge in [0.15, 0.2) is 0 Å². The van der Waals surface area contributed by atoms with Crippen LogP contribution in [0.4, 0.5) is 5.69 Å². The Kier molecular flexibility index (Phi) is 4.22. The van der Waals surface area contributed by atoms with E-state index in [0.29, 0.717) is 13.0 Å². The van der Waals surface area contributed by atoms with Crippen molar-refractivity contribution in [3.8, 4) is 5.75 Å². The molecule has 106 valence electrons. The van der Waals surface area contributed by atoms with Crippen molar-refractivity contribution in [2.75, 3.05) is 11.4 Å². The summed E-state index contributed by atoms with van der Waals surface area (Å²) in [6.45, 7) is 0.612. The van der Waals surface area contributed by atoms with Crippen LogP contribution < -0.4 is 10.6 Å². The third-order valence-electron chi connectivity index (χ3n) is 3.42. The zero-order chi connectivity index (χ0) is 13.6. The molecule has 4 nitrogen and oxygen atoms in total. The molecule has 0 aliphatic carbocycles. The predicted octanol–water partition coefficient (Wildman–Crippen LogP) is 2.79. The van der Waals surface area contributed by atoms with E-state index in [4.69, 9.17) is 5.73 Å². The molecule has 1 amide bonds. The molecule has 3 rings (SSSR count). The largest absolute Gasteiger partial charge is 0.508 e. The number of benzene rings is 2. The molecule has 0 bridgehead atoms. The molecule has 1 aliphatic rings. The van der Waals surface area contributed by atoms with E-state index >= 15 is 0 Å². The van der Waals surface area contributed by atoms with Crippen LogP contribution in [0.15, 0.2) is 34.8 Å². The fourth-order valence-corrected chi connectivity index (χ4v) is 2.92. The molecule has 0 unspecified atom stereocenters. The summed E-state index contributed by atoms with van der Waals surface area (Å²) >= 11 is 3.45. The van der Waals surface area contributed by atoms with Gasteiger partial charge in [0.2, 0.25) is 5.91 Å². The van der Waals surface area contributed by atoms with E-state index in [2.05, 4.69) is 15.9 Å². The number of amides is 1. The van der Waals surface area contributed by atoms with Crippen LogP contribution in [-0.2, 0) is 4.79 Å². The van der Waals surface area contributed by atoms with Crippen molar-refractivity contribution >= 4 is 50.7 Å². The van der Waals surface area contributed by atoms with E-state index < -0.39 is 6.04 Å². The number of phenols is 1. The number of nitrogens with two attached hydrogens (primary N) is 1. The first kappa shape index (κ1) is 15.1. The predicted molar refractivity (Wildman–Crippen MR) is 85.5 cm³/mol. The van der Waals surface area contributed by atoms with E-state index in [-0.39, 0.29) is 24.1 Å². The number of aromatic hydroxyl groups is 1. The van der Waals surface area contributed by atoms with Gasteiger partial charge in [-0.15, -0.1) is 12.4 Å². The smallest absolute Gasteiger partial charge is 0.243 e. The standard InChI is InChI=1S/C14H13BrN2O2.ClH/c15-9-5-8-1-2-10(18)7-11(8)13(6-9)17-4-3-12(16)14(17)19;/h1-2,5-7,12,18H,3-4,16H2;1H/t12-;/m1./s1. The van der Waals surface area contributed by atoms with Gasteiger partial charge in [0.1, 0.15) is 5.75 Å². The Morgan fingerprint density at radius 1 is 1.30 bits per heavy atom. The zero-order valence-electron chi connectivity index (χ0n) is 10.5. The molecule has 3 N–H and O–H groups in total. The second-order valence-corrected chi connectivity index (χ2v) is 5.63. The van der Waals surface area contributed by atoms with Crippen molar-refractivity contribution in [3.05, 3.63) is 34.8 Å². The number of carbonyl (C=O) groups is 1. The highest BCUT2D eigenvalue weighted by atomic mass is 79.9. The van der Waals surface area contributed by atoms with Gasteiger partial charge in [-0.1, -0.05) is 22.0 Å². The van der Waals surface area contributed by atoms with E-state index in [1.165, 1.54) is 0 Å². The zero-order valence-corrected chi connectivity index (χ0v) is 12.9. The fraction of sp³-hybridized carbons (Fsp3) is 0.214. The average molecular weight is 358 g/mol. The van der Waals surface area contributed by atoms with Crippen LogP contribution in [0, 0.1) is 0 Å². The summed E-state index contributed by atoms with van der Waals surface area (Å²) < 4.78 is 0.897. The van der Waals surface area contributed by atoms with Crippen LogP contribution in [0.5, 0.6) is 5.75 Å². The minimum Gasteiger partial charge on any atom is -0.508 e. The van der Waals surface area contributed by atoms with Crippen LogP contribution in [-0.4, -0.2) is 23.6 Å². The Bertz CT molecular complexity index is 678. The minimum atomic E-state index is -0.425. The molecule has 1 heterocycles. The monoisotopic (exact) mass is 356 g/mol. The van der Waals surface area contributed by atoms with Gasteiger partial charge in [-0.25, -0.2) is 0 Å². The number of rotatable bonds is 1. The van der Waals surface area contributed by atoms with Crippen molar-refractivity contribution in [2.45, 2.75) is 12.5 Å². The van der Waals surface area contributed by atoms with E-state index in [1.54, 1.807) is 17.0 Å². The Hall–Kier alpha value is -1.30. The summed E-state index contributed by atoms with van der Waals surface area (Å²) in [5, 5.41) is 11.5. The highest BCUT2D eigenvalue weighted by Crippen LogP contribution is 2.35. The van der Waals surface area contributed by atoms with E-state index in [1.807, 2.05) is 18.2 Å². The molecule has 1 saturated heterocycles. The summed E-state index contributed by atoms with van der Waals surface area (Å²) in [5.74, 6) is 0.120. The molecular formula is C14H14BrClN2O2. The van der Waals surface area contributed by atoms with Gasteiger partial charge in [-0.3, -0.25) is 4.79 Å². The van der Waals surface area contributed by atoms with Crippen molar-refractivity contribution in [3.63, 3.8) is 0 Å². The molecular weight excluding hydrogens is 344 g/mol. The van der Waals surface area contributed by atoms with Gasteiger partial charge in [-0.05, 0) is 36.1 Å². The Morgan fingerprint density at radius 2 is 2.05 bits per heavy atom. The lowest BCUT2D eigenvalue weighted by molar-refractivity contribution is -0.118. The number of carbonyl (C=O) groups excluding carboxylic acids is 1. The third kappa shape index (κ3) is 2.49. The summed E-state index contributed by atoms with van der Waals surface area (Å²) in [4.78, 5) is 13.8. The Balaban J connectivity index is 0.00000147. The van der Waals surface area contributed by atoms with Gasteiger partial charge in [0.05, 0.1) is 11.7 Å². The maximum Gasteiger partial charge on any atom is 0.243 e. The molecule has 1 aliphatic heterocycles. The molecule has 0 saturated carbocycles. The lowest BCUT2D eigenvalue weighted by Crippen LogP contribution is -2.34. The van der Waals surface area contributed by atoms with E-state index in [9.17, 15) is 9.90 Å². The van der Waals surface area contributed by atoms with Gasteiger partial charge >= 0.3 is 0 Å². The van der Waals surface area contributed by atoms with Gasteiger partial charge in [0, 0.05) is 16.4 Å². The molecule has 20 heavy (non-hydrogen) atoms. The minimum absolute atomic E-state index is 0. The third-order valence-corrected chi connectivity index (χ3v) is 3.88. The SMILES string of the molecule is Cl.N[C@@H]1CCN(c2cc(Br)cc3ccc(O)cc23)C1=O. The van der Waals surface area contributed by atoms with Gasteiger partial charge < -0.3 is 15.7 Å². The second-order valence-electron chi connectivity index (χ2n) is 4.72. The number of phenolic OH excluding ortho intramolecular Hbond substituents is 1. The maximum absolute atomic E-state index is 12.1. The number of halogens is 2. The van der Waals surface area contributed by atoms with Crippen LogP contribution >= 0.6 is 28.3 Å². The summed E-state index contributed by atoms with van der Waals surface area (Å²) in [6.07, 6.45) is 0.658. The van der Waals surface area contributed by atoms with Crippen molar-refractivity contribution in [1.82, 2.24) is 0 Å². The Morgan fingerprint density at radius 3 is 2.70 bits per heavy atom. The molecule has 6 heteroatoms. The van der Waals surface area contributed by atoms with Crippen molar-refractivity contribution < 1.29 is 9.90 Å². The molecule has 1 fully saturated rings. The number of anilines is 1. The van der Waals surface area contributed by atoms with Gasteiger partial charge in [0.25, 0.3) is 0 Å². The molecule has 1 atom stereocenters. The second kappa shape index (κ2) is 5.60. The highest BCUT2D eigenvalue weighted by Gasteiger charge is 2.30. The first-order chi connectivity index (χ1) is 9.06. The van der Waals surface area contributed by atoms with Gasteiger partial charge in [-0.2, -0.15) is 0 Å². The number of nitrogens with zero attached hydrogens (tertiary/aromatic N) is 1. The number of fused-ring (bicyclic) bond motifs is 1. The fourth-order valence-electron chi connectivity index (χ4n) is 2.46. The molecule has 2 aromatic rings. The first-order valence-corrected chi connectivity index (χ1v) is 6.85. The van der Waals surface area contributed by atoms with Crippen LogP contribution in [0.25, 0.3) is 10.8 Å². The summed E-state index contributed by atoms with van der Waals surface area (Å²) in [6, 6.07) is 8.56. The summed E-state index contributed by atoms with van der Waals surface area (Å²) in [7, 11) is 0. The van der Waals surface area contributed by atoms with Crippen LogP contribution in [0.3, 0.4) is 0 Å². The number of hydrogen-bond acceptors (Lipinski definition) is 3.